The number of nitrogens with one attached hydrogen (secondary N) is 1. The van der Waals surface area contributed by atoms with Crippen LogP contribution in [0.1, 0.15) is 36.3 Å². The maximum Gasteiger partial charge on any atom is 0.198 e. The summed E-state index contributed by atoms with van der Waals surface area (Å²) in [4.78, 5) is 15.9. The Labute approximate surface area is 96.1 Å². The molecule has 1 aliphatic rings. The molecule has 1 aliphatic heterocycles. The molecule has 1 fully saturated rings. The summed E-state index contributed by atoms with van der Waals surface area (Å²) in [5.41, 5.74) is 0. The van der Waals surface area contributed by atoms with Crippen molar-refractivity contribution in [3.8, 4) is 0 Å². The summed E-state index contributed by atoms with van der Waals surface area (Å²) >= 11 is 0. The zero-order valence-corrected chi connectivity index (χ0v) is 9.78. The molecular formula is C12H19N3O. The van der Waals surface area contributed by atoms with Crippen LogP contribution in [0.3, 0.4) is 0 Å². The fourth-order valence-corrected chi connectivity index (χ4v) is 2.25. The van der Waals surface area contributed by atoms with Crippen molar-refractivity contribution in [1.29, 1.82) is 0 Å². The van der Waals surface area contributed by atoms with E-state index < -0.39 is 0 Å². The standard InChI is InChI=1S/C12H19N3O/c1-15-8-7-14-12(15)11(16)5-4-10-3-2-6-13-9-10/h7-8,10,13H,2-6,9H2,1H3. The van der Waals surface area contributed by atoms with Crippen molar-refractivity contribution in [3.63, 3.8) is 0 Å². The monoisotopic (exact) mass is 221 g/mol. The van der Waals surface area contributed by atoms with Crippen LogP contribution in [0.4, 0.5) is 0 Å². The number of imidazole rings is 1. The Hall–Kier alpha value is -1.16. The lowest BCUT2D eigenvalue weighted by molar-refractivity contribution is 0.0958. The number of ketones is 1. The molecule has 2 rings (SSSR count). The van der Waals surface area contributed by atoms with Gasteiger partial charge in [-0.2, -0.15) is 0 Å². The highest BCUT2D eigenvalue weighted by Crippen LogP contribution is 2.17. The topological polar surface area (TPSA) is 46.9 Å². The second-order valence-electron chi connectivity index (χ2n) is 4.54. The van der Waals surface area contributed by atoms with Crippen LogP contribution in [0.25, 0.3) is 0 Å². The Morgan fingerprint density at radius 2 is 2.56 bits per heavy atom. The van der Waals surface area contributed by atoms with E-state index in [9.17, 15) is 4.79 Å². The quantitative estimate of drug-likeness (QED) is 0.781. The number of nitrogens with zero attached hydrogens (tertiary/aromatic N) is 2. The van der Waals surface area contributed by atoms with Crippen LogP contribution in [0, 0.1) is 5.92 Å². The number of hydrogen-bond acceptors (Lipinski definition) is 3. The van der Waals surface area contributed by atoms with Crippen LogP contribution in [0.2, 0.25) is 0 Å². The average molecular weight is 221 g/mol. The highest BCUT2D eigenvalue weighted by Gasteiger charge is 2.16. The summed E-state index contributed by atoms with van der Waals surface area (Å²) in [5.74, 6) is 1.42. The van der Waals surface area contributed by atoms with E-state index in [4.69, 9.17) is 0 Å². The minimum Gasteiger partial charge on any atom is -0.332 e. The third kappa shape index (κ3) is 2.70. The van der Waals surface area contributed by atoms with Crippen molar-refractivity contribution < 1.29 is 4.79 Å². The molecule has 16 heavy (non-hydrogen) atoms. The number of piperidine rings is 1. The van der Waals surface area contributed by atoms with Gasteiger partial charge in [-0.25, -0.2) is 4.98 Å². The molecule has 88 valence electrons. The number of rotatable bonds is 4. The van der Waals surface area contributed by atoms with Gasteiger partial charge < -0.3 is 9.88 Å². The SMILES string of the molecule is Cn1ccnc1C(=O)CCC1CCCNC1. The Balaban J connectivity index is 1.81. The van der Waals surface area contributed by atoms with Crippen molar-refractivity contribution in [1.82, 2.24) is 14.9 Å². The van der Waals surface area contributed by atoms with Gasteiger partial charge in [0.15, 0.2) is 11.6 Å². The third-order valence-electron chi connectivity index (χ3n) is 3.25. The number of carbonyl (C=O) groups excluding carboxylic acids is 1. The molecule has 1 atom stereocenters. The maximum atomic E-state index is 11.9. The van der Waals surface area contributed by atoms with E-state index in [1.54, 1.807) is 10.8 Å². The van der Waals surface area contributed by atoms with E-state index in [2.05, 4.69) is 10.3 Å². The van der Waals surface area contributed by atoms with E-state index in [0.717, 1.165) is 19.5 Å². The summed E-state index contributed by atoms with van der Waals surface area (Å²) in [6.07, 6.45) is 7.59. The van der Waals surface area contributed by atoms with Crippen molar-refractivity contribution in [2.45, 2.75) is 25.7 Å². The molecule has 0 aliphatic carbocycles. The Morgan fingerprint density at radius 3 is 3.19 bits per heavy atom. The van der Waals surface area contributed by atoms with Gasteiger partial charge in [-0.1, -0.05) is 0 Å². The largest absolute Gasteiger partial charge is 0.332 e. The lowest BCUT2D eigenvalue weighted by atomic mass is 9.93. The highest BCUT2D eigenvalue weighted by atomic mass is 16.1. The predicted molar refractivity (Wildman–Crippen MR) is 62.4 cm³/mol. The smallest absolute Gasteiger partial charge is 0.198 e. The predicted octanol–water partition coefficient (Wildman–Crippen LogP) is 1.38. The Kier molecular flexibility index (Phi) is 3.72. The Bertz CT molecular complexity index is 353. The zero-order chi connectivity index (χ0) is 11.4. The summed E-state index contributed by atoms with van der Waals surface area (Å²) in [5, 5.41) is 3.37. The van der Waals surface area contributed by atoms with Crippen LogP contribution in [-0.4, -0.2) is 28.4 Å². The van der Waals surface area contributed by atoms with Crippen molar-refractivity contribution in [2.24, 2.45) is 13.0 Å². The molecular weight excluding hydrogens is 202 g/mol. The summed E-state index contributed by atoms with van der Waals surface area (Å²) in [6, 6.07) is 0. The second-order valence-corrected chi connectivity index (χ2v) is 4.54. The van der Waals surface area contributed by atoms with E-state index in [0.29, 0.717) is 18.2 Å². The molecule has 0 bridgehead atoms. The van der Waals surface area contributed by atoms with Gasteiger partial charge in [0.2, 0.25) is 0 Å². The molecule has 1 aromatic heterocycles. The zero-order valence-electron chi connectivity index (χ0n) is 9.78. The van der Waals surface area contributed by atoms with Crippen molar-refractivity contribution >= 4 is 5.78 Å². The lowest BCUT2D eigenvalue weighted by Gasteiger charge is -2.22. The minimum absolute atomic E-state index is 0.165. The minimum atomic E-state index is 0.165. The summed E-state index contributed by atoms with van der Waals surface area (Å²) in [6.45, 7) is 2.19. The fraction of sp³-hybridized carbons (Fsp3) is 0.667. The first-order chi connectivity index (χ1) is 7.77. The fourth-order valence-electron chi connectivity index (χ4n) is 2.25. The van der Waals surface area contributed by atoms with Crippen LogP contribution >= 0.6 is 0 Å². The molecule has 0 amide bonds. The van der Waals surface area contributed by atoms with E-state index in [-0.39, 0.29) is 5.78 Å². The summed E-state index contributed by atoms with van der Waals surface area (Å²) in [7, 11) is 1.86. The van der Waals surface area contributed by atoms with Gasteiger partial charge >= 0.3 is 0 Å². The molecule has 1 saturated heterocycles. The average Bonchev–Trinajstić information content (AvgIpc) is 2.74. The molecule has 2 heterocycles. The van der Waals surface area contributed by atoms with Gasteiger partial charge in [0.25, 0.3) is 0 Å². The maximum absolute atomic E-state index is 11.9. The molecule has 0 radical (unpaired) electrons. The Morgan fingerprint density at radius 1 is 1.69 bits per heavy atom. The molecule has 0 aromatic carbocycles. The van der Waals surface area contributed by atoms with Crippen molar-refractivity contribution in [3.05, 3.63) is 18.2 Å². The van der Waals surface area contributed by atoms with Crippen LogP contribution < -0.4 is 5.32 Å². The van der Waals surface area contributed by atoms with Gasteiger partial charge in [0.05, 0.1) is 0 Å². The second kappa shape index (κ2) is 5.25. The number of Topliss-reactive ketones (excluding diaryl/α,β-unsaturated/α-hetero) is 1. The van der Waals surface area contributed by atoms with Gasteiger partial charge in [-0.05, 0) is 38.3 Å². The first-order valence-corrected chi connectivity index (χ1v) is 5.98. The molecule has 1 aromatic rings. The van der Waals surface area contributed by atoms with Gasteiger partial charge in [-0.15, -0.1) is 0 Å². The van der Waals surface area contributed by atoms with E-state index in [1.165, 1.54) is 12.8 Å². The number of hydrogen-bond donors (Lipinski definition) is 1. The molecule has 4 nitrogen and oxygen atoms in total. The third-order valence-corrected chi connectivity index (χ3v) is 3.25. The molecule has 4 heteroatoms. The normalized spacial score (nSPS) is 20.9. The van der Waals surface area contributed by atoms with Crippen molar-refractivity contribution in [2.75, 3.05) is 13.1 Å². The van der Waals surface area contributed by atoms with E-state index >= 15 is 0 Å². The number of aryl methyl sites for hydroxylation is 1. The number of carbonyl (C=O) groups is 1. The van der Waals surface area contributed by atoms with Crippen LogP contribution in [0.15, 0.2) is 12.4 Å². The van der Waals surface area contributed by atoms with Gasteiger partial charge in [-0.3, -0.25) is 4.79 Å². The van der Waals surface area contributed by atoms with Crippen LogP contribution in [-0.2, 0) is 7.05 Å². The first-order valence-electron chi connectivity index (χ1n) is 5.98. The van der Waals surface area contributed by atoms with Crippen LogP contribution in [0.5, 0.6) is 0 Å². The highest BCUT2D eigenvalue weighted by molar-refractivity contribution is 5.92. The summed E-state index contributed by atoms with van der Waals surface area (Å²) < 4.78 is 1.79. The molecule has 0 saturated carbocycles. The van der Waals surface area contributed by atoms with E-state index in [1.807, 2.05) is 13.2 Å². The molecule has 1 N–H and O–H groups in total. The number of aromatic nitrogens is 2. The van der Waals surface area contributed by atoms with Gasteiger partial charge in [0.1, 0.15) is 0 Å². The lowest BCUT2D eigenvalue weighted by Crippen LogP contribution is -2.30. The molecule has 1 unspecified atom stereocenters. The molecule has 0 spiro atoms. The first kappa shape index (κ1) is 11.3. The van der Waals surface area contributed by atoms with Gasteiger partial charge in [0, 0.05) is 25.9 Å².